The van der Waals surface area contributed by atoms with Crippen LogP contribution in [0, 0.1) is 13.8 Å². The predicted molar refractivity (Wildman–Crippen MR) is 89.3 cm³/mol. The molecule has 7 nitrogen and oxygen atoms in total. The van der Waals surface area contributed by atoms with E-state index in [2.05, 4.69) is 20.2 Å². The number of piperidine rings is 1. The smallest absolute Gasteiger partial charge is 0.249 e. The molecule has 2 aromatic heterocycles. The molecule has 1 amide bonds. The summed E-state index contributed by atoms with van der Waals surface area (Å²) in [6, 6.07) is 3.88. The van der Waals surface area contributed by atoms with E-state index in [0.717, 1.165) is 48.6 Å². The number of carbonyl (C=O) groups excluding carboxylic acids is 1. The Labute approximate surface area is 141 Å². The van der Waals surface area contributed by atoms with Crippen LogP contribution in [0.3, 0.4) is 0 Å². The zero-order valence-electron chi connectivity index (χ0n) is 14.4. The summed E-state index contributed by atoms with van der Waals surface area (Å²) in [5, 5.41) is 7.22. The average Bonchev–Trinajstić information content (AvgIpc) is 3.01. The van der Waals surface area contributed by atoms with Crippen molar-refractivity contribution in [3.8, 4) is 11.4 Å². The number of aromatic amines is 1. The molecule has 0 aromatic carbocycles. The van der Waals surface area contributed by atoms with Crippen molar-refractivity contribution in [3.05, 3.63) is 29.3 Å². The molecule has 1 aliphatic heterocycles. The number of aromatic nitrogens is 4. The molecule has 0 saturated carbocycles. The van der Waals surface area contributed by atoms with E-state index in [0.29, 0.717) is 5.82 Å². The second-order valence-corrected chi connectivity index (χ2v) is 6.19. The predicted octanol–water partition coefficient (Wildman–Crippen LogP) is 2.18. The van der Waals surface area contributed by atoms with Crippen molar-refractivity contribution in [3.63, 3.8) is 0 Å². The molecule has 7 heteroatoms. The molecule has 1 fully saturated rings. The van der Waals surface area contributed by atoms with Crippen molar-refractivity contribution in [2.45, 2.75) is 39.2 Å². The summed E-state index contributed by atoms with van der Waals surface area (Å²) in [7, 11) is 1.55. The van der Waals surface area contributed by atoms with Crippen molar-refractivity contribution in [2.75, 3.05) is 20.3 Å². The summed E-state index contributed by atoms with van der Waals surface area (Å²) < 4.78 is 5.02. The molecule has 3 heterocycles. The first-order valence-corrected chi connectivity index (χ1v) is 8.25. The first-order valence-electron chi connectivity index (χ1n) is 8.25. The molecule has 1 unspecified atom stereocenters. The maximum Gasteiger partial charge on any atom is 0.249 e. The fourth-order valence-corrected chi connectivity index (χ4v) is 3.19. The summed E-state index contributed by atoms with van der Waals surface area (Å²) in [5.74, 6) is 0.698. The second kappa shape index (κ2) is 7.09. The number of hydrogen-bond acceptors (Lipinski definition) is 5. The van der Waals surface area contributed by atoms with Crippen LogP contribution in [0.1, 0.15) is 42.5 Å². The first kappa shape index (κ1) is 16.6. The Morgan fingerprint density at radius 2 is 2.12 bits per heavy atom. The van der Waals surface area contributed by atoms with E-state index < -0.39 is 0 Å². The van der Waals surface area contributed by atoms with Crippen molar-refractivity contribution in [1.29, 1.82) is 0 Å². The number of ether oxygens (including phenoxy) is 1. The van der Waals surface area contributed by atoms with Crippen molar-refractivity contribution >= 4 is 5.91 Å². The Kier molecular flexibility index (Phi) is 4.89. The lowest BCUT2D eigenvalue weighted by Crippen LogP contribution is -2.40. The van der Waals surface area contributed by atoms with Gasteiger partial charge in [-0.05, 0) is 45.2 Å². The normalized spacial score (nSPS) is 18.0. The van der Waals surface area contributed by atoms with Gasteiger partial charge in [-0.2, -0.15) is 5.10 Å². The highest BCUT2D eigenvalue weighted by Gasteiger charge is 2.29. The Hall–Kier alpha value is -2.28. The summed E-state index contributed by atoms with van der Waals surface area (Å²) in [6.07, 6.45) is 3.01. The van der Waals surface area contributed by atoms with Crippen LogP contribution in [0.15, 0.2) is 12.1 Å². The van der Waals surface area contributed by atoms with Gasteiger partial charge in [0.25, 0.3) is 0 Å². The number of methoxy groups -OCH3 is 1. The summed E-state index contributed by atoms with van der Waals surface area (Å²) in [4.78, 5) is 23.3. The number of nitrogens with one attached hydrogen (secondary N) is 1. The Morgan fingerprint density at radius 3 is 2.83 bits per heavy atom. The Bertz CT molecular complexity index is 728. The SMILES string of the molecule is COCC(=O)N1CCCCC1c1cc(-c2cc(C)[nH]n2)nc(C)n1. The van der Waals surface area contributed by atoms with Crippen LogP contribution in [0.5, 0.6) is 0 Å². The fraction of sp³-hybridized carbons (Fsp3) is 0.529. The highest BCUT2D eigenvalue weighted by Crippen LogP contribution is 2.31. The molecule has 128 valence electrons. The van der Waals surface area contributed by atoms with Gasteiger partial charge in [0, 0.05) is 19.3 Å². The van der Waals surface area contributed by atoms with Crippen molar-refractivity contribution in [2.24, 2.45) is 0 Å². The van der Waals surface area contributed by atoms with Crippen LogP contribution in [-0.4, -0.2) is 51.2 Å². The van der Waals surface area contributed by atoms with Crippen molar-refractivity contribution < 1.29 is 9.53 Å². The largest absolute Gasteiger partial charge is 0.375 e. The van der Waals surface area contributed by atoms with Crippen LogP contribution in [-0.2, 0) is 9.53 Å². The van der Waals surface area contributed by atoms with Gasteiger partial charge in [0.2, 0.25) is 5.91 Å². The maximum absolute atomic E-state index is 12.4. The quantitative estimate of drug-likeness (QED) is 0.929. The van der Waals surface area contributed by atoms with Crippen LogP contribution >= 0.6 is 0 Å². The molecule has 3 rings (SSSR count). The number of hydrogen-bond donors (Lipinski definition) is 1. The van der Waals surface area contributed by atoms with Gasteiger partial charge in [0.05, 0.1) is 17.4 Å². The van der Waals surface area contributed by atoms with Gasteiger partial charge in [-0.25, -0.2) is 9.97 Å². The molecule has 1 aliphatic rings. The number of amides is 1. The van der Waals surface area contributed by atoms with Crippen LogP contribution in [0.2, 0.25) is 0 Å². The van der Waals surface area contributed by atoms with Crippen LogP contribution < -0.4 is 0 Å². The van der Waals surface area contributed by atoms with Gasteiger partial charge >= 0.3 is 0 Å². The molecule has 0 bridgehead atoms. The molecule has 2 aromatic rings. The lowest BCUT2D eigenvalue weighted by atomic mass is 9.98. The van der Waals surface area contributed by atoms with E-state index in [1.165, 1.54) is 0 Å². The van der Waals surface area contributed by atoms with Crippen LogP contribution in [0.25, 0.3) is 11.4 Å². The minimum Gasteiger partial charge on any atom is -0.375 e. The standard InChI is InChI=1S/C17H23N5O2/c1-11-8-14(21-20-11)13-9-15(19-12(2)18-13)16-6-4-5-7-22(16)17(23)10-24-3/h8-9,16H,4-7,10H2,1-3H3,(H,20,21). The highest BCUT2D eigenvalue weighted by atomic mass is 16.5. The minimum absolute atomic E-state index is 0.00984. The van der Waals surface area contributed by atoms with Gasteiger partial charge in [-0.3, -0.25) is 9.89 Å². The van der Waals surface area contributed by atoms with Gasteiger partial charge in [-0.15, -0.1) is 0 Å². The third kappa shape index (κ3) is 3.46. The maximum atomic E-state index is 12.4. The minimum atomic E-state index is -0.0260. The lowest BCUT2D eigenvalue weighted by molar-refractivity contribution is -0.139. The number of nitrogens with zero attached hydrogens (tertiary/aromatic N) is 4. The summed E-state index contributed by atoms with van der Waals surface area (Å²) in [5.41, 5.74) is 3.44. The molecule has 0 aliphatic carbocycles. The van der Waals surface area contributed by atoms with Crippen molar-refractivity contribution in [1.82, 2.24) is 25.1 Å². The van der Waals surface area contributed by atoms with Gasteiger partial charge in [0.1, 0.15) is 18.1 Å². The zero-order valence-corrected chi connectivity index (χ0v) is 14.4. The van der Waals surface area contributed by atoms with Gasteiger partial charge in [0.15, 0.2) is 0 Å². The topological polar surface area (TPSA) is 84.0 Å². The second-order valence-electron chi connectivity index (χ2n) is 6.19. The molecule has 1 N–H and O–H groups in total. The Morgan fingerprint density at radius 1 is 1.29 bits per heavy atom. The zero-order chi connectivity index (χ0) is 17.1. The molecule has 1 saturated heterocycles. The average molecular weight is 329 g/mol. The first-order chi connectivity index (χ1) is 11.6. The number of likely N-dealkylation sites (tertiary alicyclic amines) is 1. The lowest BCUT2D eigenvalue weighted by Gasteiger charge is -2.35. The monoisotopic (exact) mass is 329 g/mol. The highest BCUT2D eigenvalue weighted by molar-refractivity contribution is 5.78. The molecule has 0 radical (unpaired) electrons. The van der Waals surface area contributed by atoms with E-state index in [9.17, 15) is 4.79 Å². The number of aryl methyl sites for hydroxylation is 2. The van der Waals surface area contributed by atoms with E-state index >= 15 is 0 Å². The molecular formula is C17H23N5O2. The fourth-order valence-electron chi connectivity index (χ4n) is 3.19. The van der Waals surface area contributed by atoms with E-state index in [1.807, 2.05) is 30.9 Å². The van der Waals surface area contributed by atoms with Crippen LogP contribution in [0.4, 0.5) is 0 Å². The third-order valence-corrected chi connectivity index (χ3v) is 4.26. The molecule has 0 spiro atoms. The van der Waals surface area contributed by atoms with E-state index in [1.54, 1.807) is 7.11 Å². The van der Waals surface area contributed by atoms with E-state index in [-0.39, 0.29) is 18.6 Å². The summed E-state index contributed by atoms with van der Waals surface area (Å²) >= 11 is 0. The molecule has 1 atom stereocenters. The summed E-state index contributed by atoms with van der Waals surface area (Å²) in [6.45, 7) is 4.67. The number of H-pyrrole nitrogens is 1. The molecule has 24 heavy (non-hydrogen) atoms. The van der Waals surface area contributed by atoms with Gasteiger partial charge < -0.3 is 9.64 Å². The van der Waals surface area contributed by atoms with Gasteiger partial charge in [-0.1, -0.05) is 0 Å². The number of carbonyl (C=O) groups is 1. The third-order valence-electron chi connectivity index (χ3n) is 4.26. The number of rotatable bonds is 4. The van der Waals surface area contributed by atoms with E-state index in [4.69, 9.17) is 4.74 Å². The Balaban J connectivity index is 1.94. The molecular weight excluding hydrogens is 306 g/mol.